The fourth-order valence-electron chi connectivity index (χ4n) is 5.74. The molecule has 0 aliphatic carbocycles. The third kappa shape index (κ3) is 31.4. The Morgan fingerprint density at radius 1 is 0.587 bits per heavy atom. The lowest BCUT2D eigenvalue weighted by Crippen LogP contribution is -2.50. The maximum absolute atomic E-state index is 12.5. The molecule has 0 fully saturated rings. The van der Waals surface area contributed by atoms with E-state index in [-0.39, 0.29) is 6.42 Å². The van der Waals surface area contributed by atoms with Gasteiger partial charge >= 0.3 is 0 Å². The van der Waals surface area contributed by atoms with Crippen molar-refractivity contribution in [2.75, 3.05) is 5.75 Å². The van der Waals surface area contributed by atoms with Gasteiger partial charge in [0.05, 0.1) is 17.9 Å². The van der Waals surface area contributed by atoms with Crippen molar-refractivity contribution in [1.29, 1.82) is 0 Å². The van der Waals surface area contributed by atoms with Crippen LogP contribution in [0.4, 0.5) is 0 Å². The molecule has 0 saturated carbocycles. The van der Waals surface area contributed by atoms with Crippen molar-refractivity contribution >= 4 is 16.0 Å². The molecule has 272 valence electrons. The predicted octanol–water partition coefficient (Wildman–Crippen LogP) is 9.77. The molecule has 3 unspecified atom stereocenters. The van der Waals surface area contributed by atoms with E-state index in [1.165, 1.54) is 122 Å². The SMILES string of the molecule is CCCCCCCCC/C=C/C(O)C(CS(=O)(=O)O)NC(=O)C(O)CCCCCCCC/C=C\CCCCCCCCCCCC. The van der Waals surface area contributed by atoms with Crippen LogP contribution in [0.3, 0.4) is 0 Å². The highest BCUT2D eigenvalue weighted by atomic mass is 32.2. The molecule has 0 rings (SSSR count). The number of allylic oxidation sites excluding steroid dienone is 3. The van der Waals surface area contributed by atoms with Gasteiger partial charge in [0.1, 0.15) is 6.10 Å². The van der Waals surface area contributed by atoms with Gasteiger partial charge in [0, 0.05) is 0 Å². The lowest BCUT2D eigenvalue weighted by atomic mass is 10.0. The molecule has 0 radical (unpaired) electrons. The zero-order valence-corrected chi connectivity index (χ0v) is 30.6. The van der Waals surface area contributed by atoms with Gasteiger partial charge < -0.3 is 15.5 Å². The Hall–Kier alpha value is -1.22. The first-order valence-electron chi connectivity index (χ1n) is 19.1. The maximum atomic E-state index is 12.5. The first kappa shape index (κ1) is 44.8. The van der Waals surface area contributed by atoms with E-state index in [0.29, 0.717) is 6.42 Å². The molecule has 0 bridgehead atoms. The molecule has 0 aromatic carbocycles. The number of carbonyl (C=O) groups excluding carboxylic acids is 1. The Morgan fingerprint density at radius 3 is 1.37 bits per heavy atom. The lowest BCUT2D eigenvalue weighted by molar-refractivity contribution is -0.130. The molecule has 0 spiro atoms. The fourth-order valence-corrected chi connectivity index (χ4v) is 6.48. The molecule has 3 atom stereocenters. The topological polar surface area (TPSA) is 124 Å². The zero-order chi connectivity index (χ0) is 34.1. The minimum absolute atomic E-state index is 0.274. The van der Waals surface area contributed by atoms with Gasteiger partial charge in [0.15, 0.2) is 0 Å². The number of hydrogen-bond donors (Lipinski definition) is 4. The number of aliphatic hydroxyl groups excluding tert-OH is 2. The Bertz CT molecular complexity index is 844. The summed E-state index contributed by atoms with van der Waals surface area (Å²) in [6.45, 7) is 4.46. The smallest absolute Gasteiger partial charge is 0.267 e. The maximum Gasteiger partial charge on any atom is 0.267 e. The van der Waals surface area contributed by atoms with Gasteiger partial charge in [-0.3, -0.25) is 9.35 Å². The standard InChI is InChI=1S/C38H73NO6S/c1-3-5-7-9-11-13-14-15-16-17-18-19-20-21-22-23-25-27-29-31-33-37(41)38(42)39-35(34-46(43,44)45)36(40)32-30-28-26-24-12-10-8-6-4-2/h19-20,30,32,35-37,40-41H,3-18,21-29,31,33-34H2,1-2H3,(H,39,42)(H,43,44,45)/b20-19-,32-30+. The van der Waals surface area contributed by atoms with Crippen LogP contribution in [0.25, 0.3) is 0 Å². The van der Waals surface area contributed by atoms with Crippen molar-refractivity contribution in [2.24, 2.45) is 0 Å². The van der Waals surface area contributed by atoms with E-state index in [1.807, 2.05) is 0 Å². The monoisotopic (exact) mass is 672 g/mol. The summed E-state index contributed by atoms with van der Waals surface area (Å²) >= 11 is 0. The molecular formula is C38H73NO6S. The first-order valence-corrected chi connectivity index (χ1v) is 20.8. The van der Waals surface area contributed by atoms with Crippen LogP contribution in [0, 0.1) is 0 Å². The summed E-state index contributed by atoms with van der Waals surface area (Å²) in [6, 6.07) is -1.23. The largest absolute Gasteiger partial charge is 0.387 e. The van der Waals surface area contributed by atoms with Crippen LogP contribution in [0.2, 0.25) is 0 Å². The van der Waals surface area contributed by atoms with E-state index < -0.39 is 40.0 Å². The normalized spacial score (nSPS) is 14.3. The second-order valence-corrected chi connectivity index (χ2v) is 14.8. The Morgan fingerprint density at radius 2 is 0.957 bits per heavy atom. The first-order chi connectivity index (χ1) is 22.2. The molecule has 1 amide bonds. The summed E-state index contributed by atoms with van der Waals surface area (Å²) in [4.78, 5) is 12.5. The van der Waals surface area contributed by atoms with Crippen LogP contribution < -0.4 is 5.32 Å². The van der Waals surface area contributed by atoms with Crippen molar-refractivity contribution in [3.05, 3.63) is 24.3 Å². The minimum Gasteiger partial charge on any atom is -0.387 e. The van der Waals surface area contributed by atoms with Gasteiger partial charge in [-0.15, -0.1) is 0 Å². The third-order valence-corrected chi connectivity index (χ3v) is 9.51. The van der Waals surface area contributed by atoms with E-state index >= 15 is 0 Å². The van der Waals surface area contributed by atoms with Crippen LogP contribution in [0.15, 0.2) is 24.3 Å². The average molecular weight is 672 g/mol. The van der Waals surface area contributed by atoms with Gasteiger partial charge in [-0.2, -0.15) is 8.42 Å². The number of aliphatic hydroxyl groups is 2. The van der Waals surface area contributed by atoms with Gasteiger partial charge in [-0.1, -0.05) is 167 Å². The van der Waals surface area contributed by atoms with Crippen LogP contribution in [-0.2, 0) is 14.9 Å². The summed E-state index contributed by atoms with van der Waals surface area (Å²) in [6.07, 6.45) is 36.8. The lowest BCUT2D eigenvalue weighted by Gasteiger charge is -2.22. The van der Waals surface area contributed by atoms with E-state index in [4.69, 9.17) is 0 Å². The number of amides is 1. The molecule has 0 aliphatic heterocycles. The van der Waals surface area contributed by atoms with Gasteiger partial charge in [0.2, 0.25) is 5.91 Å². The summed E-state index contributed by atoms with van der Waals surface area (Å²) in [5, 5.41) is 23.2. The average Bonchev–Trinajstić information content (AvgIpc) is 3.01. The second kappa shape index (κ2) is 32.3. The molecule has 46 heavy (non-hydrogen) atoms. The second-order valence-electron chi connectivity index (χ2n) is 13.3. The zero-order valence-electron chi connectivity index (χ0n) is 29.8. The minimum atomic E-state index is -4.43. The molecule has 0 aromatic rings. The highest BCUT2D eigenvalue weighted by Crippen LogP contribution is 2.14. The molecule has 7 nitrogen and oxygen atoms in total. The number of rotatable bonds is 34. The van der Waals surface area contributed by atoms with E-state index in [2.05, 4.69) is 31.3 Å². The number of carbonyl (C=O) groups is 1. The summed E-state index contributed by atoms with van der Waals surface area (Å²) in [7, 11) is -4.43. The summed E-state index contributed by atoms with van der Waals surface area (Å²) < 4.78 is 32.3. The van der Waals surface area contributed by atoms with Gasteiger partial charge in [-0.05, 0) is 44.9 Å². The van der Waals surface area contributed by atoms with Crippen molar-refractivity contribution in [3.8, 4) is 0 Å². The Kier molecular flexibility index (Phi) is 31.5. The molecule has 4 N–H and O–H groups in total. The van der Waals surface area contributed by atoms with E-state index in [1.54, 1.807) is 6.08 Å². The van der Waals surface area contributed by atoms with Crippen molar-refractivity contribution in [3.63, 3.8) is 0 Å². The predicted molar refractivity (Wildman–Crippen MR) is 195 cm³/mol. The molecule has 8 heteroatoms. The van der Waals surface area contributed by atoms with Crippen LogP contribution in [0.1, 0.15) is 187 Å². The molecular weight excluding hydrogens is 598 g/mol. The highest BCUT2D eigenvalue weighted by Gasteiger charge is 2.27. The molecule has 0 aromatic heterocycles. The Balaban J connectivity index is 3.98. The van der Waals surface area contributed by atoms with E-state index in [0.717, 1.165) is 44.9 Å². The van der Waals surface area contributed by atoms with Crippen molar-refractivity contribution in [2.45, 2.75) is 205 Å². The van der Waals surface area contributed by atoms with Crippen LogP contribution in [-0.4, -0.2) is 53.1 Å². The molecule has 0 saturated heterocycles. The quantitative estimate of drug-likeness (QED) is 0.0307. The van der Waals surface area contributed by atoms with Crippen molar-refractivity contribution in [1.82, 2.24) is 5.32 Å². The Labute approximate surface area is 284 Å². The third-order valence-electron chi connectivity index (χ3n) is 8.73. The molecule has 0 aliphatic rings. The summed E-state index contributed by atoms with van der Waals surface area (Å²) in [5.74, 6) is -1.54. The number of unbranched alkanes of at least 4 members (excludes halogenated alkanes) is 23. The highest BCUT2D eigenvalue weighted by molar-refractivity contribution is 7.85. The summed E-state index contributed by atoms with van der Waals surface area (Å²) in [5.41, 5.74) is 0. The van der Waals surface area contributed by atoms with Gasteiger partial charge in [-0.25, -0.2) is 0 Å². The number of nitrogens with one attached hydrogen (secondary N) is 1. The number of hydrogen-bond acceptors (Lipinski definition) is 5. The van der Waals surface area contributed by atoms with Crippen LogP contribution in [0.5, 0.6) is 0 Å². The van der Waals surface area contributed by atoms with Crippen LogP contribution >= 0.6 is 0 Å². The van der Waals surface area contributed by atoms with E-state index in [9.17, 15) is 28.0 Å². The molecule has 0 heterocycles. The van der Waals surface area contributed by atoms with Crippen molar-refractivity contribution < 1.29 is 28.0 Å². The fraction of sp³-hybridized carbons (Fsp3) is 0.868. The van der Waals surface area contributed by atoms with Gasteiger partial charge in [0.25, 0.3) is 10.1 Å².